The number of aryl methyl sites for hydroxylation is 1. The van der Waals surface area contributed by atoms with E-state index in [2.05, 4.69) is 9.84 Å². The summed E-state index contributed by atoms with van der Waals surface area (Å²) in [7, 11) is 1.22. The third kappa shape index (κ3) is 4.71. The van der Waals surface area contributed by atoms with Gasteiger partial charge in [0.15, 0.2) is 5.69 Å². The van der Waals surface area contributed by atoms with Crippen molar-refractivity contribution in [1.82, 2.24) is 9.78 Å². The number of carbonyl (C=O) groups is 1. The minimum absolute atomic E-state index is 0.0700. The largest absolute Gasteiger partial charge is 0.461 e. The average Bonchev–Trinajstić information content (AvgIpc) is 2.81. The van der Waals surface area contributed by atoms with E-state index in [0.717, 1.165) is 29.8 Å². The standard InChI is InChI=1S/C15H12F6N2O2S/c1-8(24)25-7-11-12(15(19,20)21)22-23(2)13(11)26-10-5-3-4-9(6-10)14(16,17)18/h3-6H,7H2,1-2H3. The molecule has 26 heavy (non-hydrogen) atoms. The smallest absolute Gasteiger partial charge is 0.435 e. The van der Waals surface area contributed by atoms with Crippen LogP contribution in [0.25, 0.3) is 0 Å². The molecule has 0 fully saturated rings. The molecule has 1 aromatic heterocycles. The Kier molecular flexibility index (Phi) is 5.59. The van der Waals surface area contributed by atoms with Crippen molar-refractivity contribution in [2.45, 2.75) is 35.8 Å². The molecular formula is C15H12F6N2O2S. The molecule has 4 nitrogen and oxygen atoms in total. The Hall–Kier alpha value is -2.17. The molecule has 0 radical (unpaired) electrons. The van der Waals surface area contributed by atoms with Gasteiger partial charge in [-0.1, -0.05) is 17.8 Å². The molecule has 2 rings (SSSR count). The average molecular weight is 398 g/mol. The lowest BCUT2D eigenvalue weighted by Gasteiger charge is -2.10. The van der Waals surface area contributed by atoms with Crippen LogP contribution in [0.5, 0.6) is 0 Å². The Balaban J connectivity index is 2.46. The lowest BCUT2D eigenvalue weighted by molar-refractivity contribution is -0.147. The van der Waals surface area contributed by atoms with Gasteiger partial charge in [0.1, 0.15) is 11.6 Å². The van der Waals surface area contributed by atoms with Crippen LogP contribution in [0.15, 0.2) is 34.2 Å². The van der Waals surface area contributed by atoms with Gasteiger partial charge in [0.2, 0.25) is 0 Å². The topological polar surface area (TPSA) is 44.1 Å². The second kappa shape index (κ2) is 7.22. The second-order valence-electron chi connectivity index (χ2n) is 5.16. The summed E-state index contributed by atoms with van der Waals surface area (Å²) in [4.78, 5) is 11.0. The molecule has 0 atom stereocenters. The summed E-state index contributed by atoms with van der Waals surface area (Å²) in [6.45, 7) is 0.336. The molecule has 0 aliphatic carbocycles. The van der Waals surface area contributed by atoms with Gasteiger partial charge in [0.05, 0.1) is 11.1 Å². The molecule has 0 amide bonds. The number of carbonyl (C=O) groups excluding carboxylic acids is 1. The van der Waals surface area contributed by atoms with Gasteiger partial charge in [-0.05, 0) is 18.2 Å². The fourth-order valence-electron chi connectivity index (χ4n) is 2.06. The molecule has 0 spiro atoms. The van der Waals surface area contributed by atoms with Crippen LogP contribution in [0.1, 0.15) is 23.7 Å². The van der Waals surface area contributed by atoms with Crippen LogP contribution in [0.2, 0.25) is 0 Å². The van der Waals surface area contributed by atoms with Crippen LogP contribution in [-0.2, 0) is 35.5 Å². The van der Waals surface area contributed by atoms with Crippen molar-refractivity contribution in [3.63, 3.8) is 0 Å². The van der Waals surface area contributed by atoms with Gasteiger partial charge in [-0.25, -0.2) is 0 Å². The molecule has 11 heteroatoms. The Morgan fingerprint density at radius 1 is 1.19 bits per heavy atom. The van der Waals surface area contributed by atoms with Gasteiger partial charge in [-0.3, -0.25) is 9.48 Å². The van der Waals surface area contributed by atoms with Crippen LogP contribution in [0.4, 0.5) is 26.3 Å². The van der Waals surface area contributed by atoms with Gasteiger partial charge < -0.3 is 4.74 Å². The van der Waals surface area contributed by atoms with E-state index in [1.165, 1.54) is 13.1 Å². The van der Waals surface area contributed by atoms with E-state index < -0.39 is 41.7 Å². The Morgan fingerprint density at radius 2 is 1.85 bits per heavy atom. The number of halogens is 6. The predicted molar refractivity (Wildman–Crippen MR) is 79.2 cm³/mol. The van der Waals surface area contributed by atoms with Crippen molar-refractivity contribution >= 4 is 17.7 Å². The van der Waals surface area contributed by atoms with Gasteiger partial charge in [-0.2, -0.15) is 31.4 Å². The molecule has 0 saturated carbocycles. The molecule has 0 aliphatic heterocycles. The third-order valence-corrected chi connectivity index (χ3v) is 4.35. The molecule has 0 unspecified atom stereocenters. The van der Waals surface area contributed by atoms with Crippen LogP contribution in [-0.4, -0.2) is 15.7 Å². The molecule has 2 aromatic rings. The molecule has 0 saturated heterocycles. The number of aromatic nitrogens is 2. The van der Waals surface area contributed by atoms with E-state index in [-0.39, 0.29) is 9.92 Å². The van der Waals surface area contributed by atoms with Gasteiger partial charge >= 0.3 is 18.3 Å². The lowest BCUT2D eigenvalue weighted by atomic mass is 10.2. The third-order valence-electron chi connectivity index (χ3n) is 3.15. The highest BCUT2D eigenvalue weighted by Gasteiger charge is 2.39. The van der Waals surface area contributed by atoms with E-state index in [1.807, 2.05) is 0 Å². The number of nitrogens with zero attached hydrogens (tertiary/aromatic N) is 2. The van der Waals surface area contributed by atoms with Crippen LogP contribution >= 0.6 is 11.8 Å². The Bertz CT molecular complexity index is 813. The molecule has 1 heterocycles. The highest BCUT2D eigenvalue weighted by Crippen LogP contribution is 2.40. The van der Waals surface area contributed by atoms with Gasteiger partial charge in [0.25, 0.3) is 0 Å². The molecule has 142 valence electrons. The highest BCUT2D eigenvalue weighted by molar-refractivity contribution is 7.99. The number of benzene rings is 1. The van der Waals surface area contributed by atoms with Crippen molar-refractivity contribution in [3.8, 4) is 0 Å². The maximum atomic E-state index is 13.2. The second-order valence-corrected chi connectivity index (χ2v) is 6.22. The van der Waals surface area contributed by atoms with Crippen molar-refractivity contribution < 1.29 is 35.9 Å². The fourth-order valence-corrected chi connectivity index (χ4v) is 3.07. The number of alkyl halides is 6. The van der Waals surface area contributed by atoms with E-state index in [9.17, 15) is 31.1 Å². The zero-order chi connectivity index (χ0) is 19.7. The Morgan fingerprint density at radius 3 is 2.38 bits per heavy atom. The summed E-state index contributed by atoms with van der Waals surface area (Å²) >= 11 is 0.669. The minimum Gasteiger partial charge on any atom is -0.461 e. The maximum Gasteiger partial charge on any atom is 0.435 e. The predicted octanol–water partition coefficient (Wildman–Crippen LogP) is 4.67. The van der Waals surface area contributed by atoms with Gasteiger partial charge in [0, 0.05) is 18.9 Å². The fraction of sp³-hybridized carbons (Fsp3) is 0.333. The number of rotatable bonds is 4. The zero-order valence-electron chi connectivity index (χ0n) is 13.4. The number of hydrogen-bond acceptors (Lipinski definition) is 4. The summed E-state index contributed by atoms with van der Waals surface area (Å²) in [6.07, 6.45) is -9.39. The van der Waals surface area contributed by atoms with Crippen molar-refractivity contribution in [2.24, 2.45) is 7.05 Å². The lowest BCUT2D eigenvalue weighted by Crippen LogP contribution is -2.11. The molecule has 0 aliphatic rings. The quantitative estimate of drug-likeness (QED) is 0.555. The van der Waals surface area contributed by atoms with Crippen LogP contribution in [0, 0.1) is 0 Å². The summed E-state index contributed by atoms with van der Waals surface area (Å²) in [5, 5.41) is 3.31. The monoisotopic (exact) mass is 398 g/mol. The van der Waals surface area contributed by atoms with Crippen LogP contribution < -0.4 is 0 Å². The number of hydrogen-bond donors (Lipinski definition) is 0. The van der Waals surface area contributed by atoms with Crippen LogP contribution in [0.3, 0.4) is 0 Å². The first-order valence-electron chi connectivity index (χ1n) is 7.01. The highest BCUT2D eigenvalue weighted by atomic mass is 32.2. The Labute approximate surface area is 148 Å². The summed E-state index contributed by atoms with van der Waals surface area (Å²) in [5.41, 5.74) is -2.60. The first kappa shape index (κ1) is 20.1. The maximum absolute atomic E-state index is 13.2. The van der Waals surface area contributed by atoms with E-state index >= 15 is 0 Å². The summed E-state index contributed by atoms with van der Waals surface area (Å²) in [6, 6.07) is 4.16. The van der Waals surface area contributed by atoms with Crippen molar-refractivity contribution in [3.05, 3.63) is 41.1 Å². The molecule has 0 N–H and O–H groups in total. The first-order chi connectivity index (χ1) is 11.9. The summed E-state index contributed by atoms with van der Waals surface area (Å²) < 4.78 is 83.4. The first-order valence-corrected chi connectivity index (χ1v) is 7.82. The SMILES string of the molecule is CC(=O)OCc1c(C(F)(F)F)nn(C)c1Sc1cccc(C(F)(F)F)c1. The van der Waals surface area contributed by atoms with E-state index in [1.54, 1.807) is 0 Å². The number of esters is 1. The molecule has 1 aromatic carbocycles. The number of ether oxygens (including phenoxy) is 1. The van der Waals surface area contributed by atoms with Crippen molar-refractivity contribution in [1.29, 1.82) is 0 Å². The van der Waals surface area contributed by atoms with E-state index in [4.69, 9.17) is 0 Å². The normalized spacial score (nSPS) is 12.3. The van der Waals surface area contributed by atoms with E-state index in [0.29, 0.717) is 11.8 Å². The summed E-state index contributed by atoms with van der Waals surface area (Å²) in [5.74, 6) is -0.794. The van der Waals surface area contributed by atoms with Crippen molar-refractivity contribution in [2.75, 3.05) is 0 Å². The molecular weight excluding hydrogens is 386 g/mol. The van der Waals surface area contributed by atoms with Gasteiger partial charge in [-0.15, -0.1) is 0 Å². The zero-order valence-corrected chi connectivity index (χ0v) is 14.2. The minimum atomic E-state index is -4.81. The molecule has 0 bridgehead atoms.